The Balaban J connectivity index is 2.01. The highest BCUT2D eigenvalue weighted by molar-refractivity contribution is 6.02. The molecule has 3 aromatic rings. The van der Waals surface area contributed by atoms with Crippen LogP contribution in [0.25, 0.3) is 21.9 Å². The monoisotopic (exact) mass is 333 g/mol. The number of aldehydes is 1. The molecule has 3 aromatic carbocycles. The SMILES string of the molecule is CCCNC(=O)c1cccc(-c2ccc3c(C=O)c(O)ccc3c2)c1. The van der Waals surface area contributed by atoms with Gasteiger partial charge in [-0.25, -0.2) is 0 Å². The summed E-state index contributed by atoms with van der Waals surface area (Å²) < 4.78 is 0. The first-order chi connectivity index (χ1) is 12.1. The zero-order valence-corrected chi connectivity index (χ0v) is 14.0. The third-order valence-corrected chi connectivity index (χ3v) is 4.15. The Morgan fingerprint density at radius 3 is 2.64 bits per heavy atom. The number of fused-ring (bicyclic) bond motifs is 1. The van der Waals surface area contributed by atoms with Crippen LogP contribution >= 0.6 is 0 Å². The van der Waals surface area contributed by atoms with Gasteiger partial charge in [0.25, 0.3) is 5.91 Å². The van der Waals surface area contributed by atoms with Crippen molar-refractivity contribution < 1.29 is 14.7 Å². The molecule has 0 heterocycles. The van der Waals surface area contributed by atoms with Crippen LogP contribution in [0.15, 0.2) is 54.6 Å². The number of rotatable bonds is 5. The molecule has 25 heavy (non-hydrogen) atoms. The lowest BCUT2D eigenvalue weighted by atomic mass is 9.97. The molecule has 0 aromatic heterocycles. The number of benzene rings is 3. The number of carbonyl (C=O) groups excluding carboxylic acids is 2. The van der Waals surface area contributed by atoms with Crippen LogP contribution in [-0.2, 0) is 0 Å². The standard InChI is InChI=1S/C21H19NO3/c1-2-10-22-21(25)17-5-3-4-14(12-17)15-6-8-18-16(11-15)7-9-20(24)19(18)13-23/h3-9,11-13,24H,2,10H2,1H3,(H,22,25). The van der Waals surface area contributed by atoms with Gasteiger partial charge in [0.15, 0.2) is 6.29 Å². The minimum Gasteiger partial charge on any atom is -0.507 e. The smallest absolute Gasteiger partial charge is 0.251 e. The van der Waals surface area contributed by atoms with Gasteiger partial charge >= 0.3 is 0 Å². The van der Waals surface area contributed by atoms with Gasteiger partial charge in [-0.2, -0.15) is 0 Å². The van der Waals surface area contributed by atoms with E-state index < -0.39 is 0 Å². The molecule has 0 saturated heterocycles. The predicted octanol–water partition coefficient (Wildman–Crippen LogP) is 4.16. The Labute approximate surface area is 146 Å². The highest BCUT2D eigenvalue weighted by Crippen LogP contribution is 2.30. The van der Waals surface area contributed by atoms with Crippen LogP contribution in [0.5, 0.6) is 5.75 Å². The van der Waals surface area contributed by atoms with Crippen molar-refractivity contribution in [1.82, 2.24) is 5.32 Å². The zero-order chi connectivity index (χ0) is 17.8. The Hall–Kier alpha value is -3.14. The maximum atomic E-state index is 12.1. The first-order valence-electron chi connectivity index (χ1n) is 8.23. The van der Waals surface area contributed by atoms with Gasteiger partial charge < -0.3 is 10.4 Å². The van der Waals surface area contributed by atoms with Crippen LogP contribution in [-0.4, -0.2) is 23.8 Å². The van der Waals surface area contributed by atoms with Gasteiger partial charge in [-0.1, -0.05) is 37.3 Å². The van der Waals surface area contributed by atoms with E-state index in [4.69, 9.17) is 0 Å². The van der Waals surface area contributed by atoms with Crippen LogP contribution in [0.1, 0.15) is 34.1 Å². The first kappa shape index (κ1) is 16.7. The van der Waals surface area contributed by atoms with Crippen molar-refractivity contribution in [3.63, 3.8) is 0 Å². The van der Waals surface area contributed by atoms with Gasteiger partial charge in [-0.05, 0) is 52.6 Å². The van der Waals surface area contributed by atoms with Crippen molar-refractivity contribution in [3.05, 3.63) is 65.7 Å². The molecule has 2 N–H and O–H groups in total. The molecule has 0 saturated carbocycles. The van der Waals surface area contributed by atoms with Crippen molar-refractivity contribution >= 4 is 23.0 Å². The van der Waals surface area contributed by atoms with E-state index in [9.17, 15) is 14.7 Å². The van der Waals surface area contributed by atoms with Crippen LogP contribution in [0.4, 0.5) is 0 Å². The van der Waals surface area contributed by atoms with Crippen molar-refractivity contribution in [1.29, 1.82) is 0 Å². The fraction of sp³-hybridized carbons (Fsp3) is 0.143. The van der Waals surface area contributed by atoms with Gasteiger partial charge in [0, 0.05) is 12.1 Å². The van der Waals surface area contributed by atoms with E-state index in [-0.39, 0.29) is 17.2 Å². The number of aromatic hydroxyl groups is 1. The fourth-order valence-electron chi connectivity index (χ4n) is 2.83. The Bertz CT molecular complexity index is 947. The highest BCUT2D eigenvalue weighted by Gasteiger charge is 2.09. The van der Waals surface area contributed by atoms with Gasteiger partial charge in [-0.15, -0.1) is 0 Å². The van der Waals surface area contributed by atoms with E-state index in [0.29, 0.717) is 23.8 Å². The molecule has 0 atom stereocenters. The van der Waals surface area contributed by atoms with Crippen molar-refractivity contribution in [3.8, 4) is 16.9 Å². The molecular formula is C21H19NO3. The summed E-state index contributed by atoms with van der Waals surface area (Å²) in [4.78, 5) is 23.3. The molecule has 0 spiro atoms. The summed E-state index contributed by atoms with van der Waals surface area (Å²) in [6.45, 7) is 2.66. The summed E-state index contributed by atoms with van der Waals surface area (Å²) in [6.07, 6.45) is 1.55. The van der Waals surface area contributed by atoms with Crippen molar-refractivity contribution in [2.45, 2.75) is 13.3 Å². The number of hydrogen-bond donors (Lipinski definition) is 2. The Morgan fingerprint density at radius 2 is 1.88 bits per heavy atom. The number of phenolic OH excluding ortho intramolecular Hbond substituents is 1. The van der Waals surface area contributed by atoms with E-state index in [0.717, 1.165) is 22.9 Å². The summed E-state index contributed by atoms with van der Waals surface area (Å²) in [5.74, 6) is -0.109. The molecule has 0 fully saturated rings. The topological polar surface area (TPSA) is 66.4 Å². The van der Waals surface area contributed by atoms with Crippen LogP contribution in [0.2, 0.25) is 0 Å². The normalized spacial score (nSPS) is 10.6. The lowest BCUT2D eigenvalue weighted by Crippen LogP contribution is -2.23. The molecule has 0 bridgehead atoms. The van der Waals surface area contributed by atoms with E-state index in [1.54, 1.807) is 12.1 Å². The quantitative estimate of drug-likeness (QED) is 0.689. The van der Waals surface area contributed by atoms with Crippen molar-refractivity contribution in [2.75, 3.05) is 6.54 Å². The second kappa shape index (κ2) is 7.18. The van der Waals surface area contributed by atoms with E-state index in [2.05, 4.69) is 5.32 Å². The summed E-state index contributed by atoms with van der Waals surface area (Å²) in [7, 11) is 0. The second-order valence-electron chi connectivity index (χ2n) is 5.89. The predicted molar refractivity (Wildman–Crippen MR) is 99.1 cm³/mol. The molecular weight excluding hydrogens is 314 g/mol. The van der Waals surface area contributed by atoms with Crippen LogP contribution in [0, 0.1) is 0 Å². The maximum Gasteiger partial charge on any atom is 0.251 e. The molecule has 0 radical (unpaired) electrons. The highest BCUT2D eigenvalue weighted by atomic mass is 16.3. The summed E-state index contributed by atoms with van der Waals surface area (Å²) in [6, 6.07) is 16.4. The lowest BCUT2D eigenvalue weighted by molar-refractivity contribution is 0.0953. The minimum atomic E-state index is -0.0855. The summed E-state index contributed by atoms with van der Waals surface area (Å²) in [5.41, 5.74) is 2.77. The van der Waals surface area contributed by atoms with Crippen LogP contribution < -0.4 is 5.32 Å². The summed E-state index contributed by atoms with van der Waals surface area (Å²) >= 11 is 0. The number of hydrogen-bond acceptors (Lipinski definition) is 3. The lowest BCUT2D eigenvalue weighted by Gasteiger charge is -2.09. The van der Waals surface area contributed by atoms with E-state index >= 15 is 0 Å². The summed E-state index contributed by atoms with van der Waals surface area (Å²) in [5, 5.41) is 14.2. The fourth-order valence-corrected chi connectivity index (χ4v) is 2.83. The maximum absolute atomic E-state index is 12.1. The molecule has 126 valence electrons. The number of phenols is 1. The Kier molecular flexibility index (Phi) is 4.80. The minimum absolute atomic E-state index is 0.0233. The molecule has 0 unspecified atom stereocenters. The van der Waals surface area contributed by atoms with Gasteiger partial charge in [-0.3, -0.25) is 9.59 Å². The van der Waals surface area contributed by atoms with Crippen molar-refractivity contribution in [2.24, 2.45) is 0 Å². The molecule has 0 aliphatic heterocycles. The van der Waals surface area contributed by atoms with Gasteiger partial charge in [0.2, 0.25) is 0 Å². The average molecular weight is 333 g/mol. The molecule has 1 amide bonds. The number of amides is 1. The van der Waals surface area contributed by atoms with E-state index in [1.165, 1.54) is 6.07 Å². The first-order valence-corrected chi connectivity index (χ1v) is 8.23. The largest absolute Gasteiger partial charge is 0.507 e. The molecule has 3 rings (SSSR count). The average Bonchev–Trinajstić information content (AvgIpc) is 2.65. The van der Waals surface area contributed by atoms with Gasteiger partial charge in [0.05, 0.1) is 5.56 Å². The van der Waals surface area contributed by atoms with Gasteiger partial charge in [0.1, 0.15) is 5.75 Å². The molecule has 0 aliphatic rings. The molecule has 4 nitrogen and oxygen atoms in total. The third-order valence-electron chi connectivity index (χ3n) is 4.15. The molecule has 0 aliphatic carbocycles. The number of nitrogens with one attached hydrogen (secondary N) is 1. The third kappa shape index (κ3) is 3.38. The second-order valence-corrected chi connectivity index (χ2v) is 5.89. The Morgan fingerprint density at radius 1 is 1.08 bits per heavy atom. The van der Waals surface area contributed by atoms with E-state index in [1.807, 2.05) is 43.3 Å². The molecule has 4 heteroatoms. The number of carbonyl (C=O) groups is 2. The zero-order valence-electron chi connectivity index (χ0n) is 14.0. The van der Waals surface area contributed by atoms with Crippen LogP contribution in [0.3, 0.4) is 0 Å².